The molecule has 1 atom stereocenters. The van der Waals surface area contributed by atoms with E-state index in [0.29, 0.717) is 6.07 Å². The summed E-state index contributed by atoms with van der Waals surface area (Å²) in [4.78, 5) is 8.10. The zero-order valence-corrected chi connectivity index (χ0v) is 14.2. The fourth-order valence-corrected chi connectivity index (χ4v) is 2.73. The number of hydrogen-bond donors (Lipinski definition) is 4. The molecule has 0 aliphatic carbocycles. The van der Waals surface area contributed by atoms with Gasteiger partial charge in [0, 0.05) is 17.2 Å². The molecule has 3 rings (SSSR count). The molecule has 13 heteroatoms. The standard InChI is InChI=1S/C16H10F4N8O/c17-9-3-6(29-16(18,19)20)1-2-7(9)12-10-11(23)8(4-21)13(24)27-14(10)28-15(26-12)25-5-22/h1-3,12H,(H6,23,24,25,26,27,28). The molecule has 1 aromatic heterocycles. The molecule has 0 bridgehead atoms. The number of fused-ring (bicyclic) bond motifs is 1. The molecule has 1 aliphatic heterocycles. The minimum absolute atomic E-state index is 0.00627. The first-order valence-electron chi connectivity index (χ1n) is 7.68. The normalized spacial score (nSPS) is 15.2. The first-order valence-corrected chi connectivity index (χ1v) is 7.68. The number of alkyl halides is 3. The molecular weight excluding hydrogens is 396 g/mol. The van der Waals surface area contributed by atoms with Gasteiger partial charge in [-0.1, -0.05) is 0 Å². The van der Waals surface area contributed by atoms with Gasteiger partial charge >= 0.3 is 6.36 Å². The summed E-state index contributed by atoms with van der Waals surface area (Å²) in [5, 5.41) is 22.9. The number of nitrogens with zero attached hydrogens (tertiary/aromatic N) is 4. The molecule has 148 valence electrons. The minimum atomic E-state index is -5.00. The van der Waals surface area contributed by atoms with Gasteiger partial charge < -0.3 is 21.5 Å². The van der Waals surface area contributed by atoms with Crippen LogP contribution in [0.4, 0.5) is 34.9 Å². The Morgan fingerprint density at radius 1 is 1.24 bits per heavy atom. The molecular formula is C16H10F4N8O. The second-order valence-corrected chi connectivity index (χ2v) is 5.63. The van der Waals surface area contributed by atoms with Gasteiger partial charge in [-0.2, -0.15) is 10.5 Å². The van der Waals surface area contributed by atoms with Crippen molar-refractivity contribution in [2.75, 3.05) is 16.8 Å². The molecule has 0 spiro atoms. The lowest BCUT2D eigenvalue weighted by molar-refractivity contribution is -0.274. The smallest absolute Gasteiger partial charge is 0.406 e. The number of benzene rings is 1. The third kappa shape index (κ3) is 3.74. The van der Waals surface area contributed by atoms with E-state index in [1.165, 1.54) is 0 Å². The molecule has 9 nitrogen and oxygen atoms in total. The zero-order chi connectivity index (χ0) is 21.3. The van der Waals surface area contributed by atoms with Crippen molar-refractivity contribution in [3.63, 3.8) is 0 Å². The molecule has 0 amide bonds. The summed E-state index contributed by atoms with van der Waals surface area (Å²) < 4.78 is 55.4. The Hall–Kier alpha value is -4.26. The molecule has 1 unspecified atom stereocenters. The molecule has 29 heavy (non-hydrogen) atoms. The first-order chi connectivity index (χ1) is 13.6. The van der Waals surface area contributed by atoms with Crippen LogP contribution in [0.5, 0.6) is 5.75 Å². The second kappa shape index (κ2) is 7.05. The van der Waals surface area contributed by atoms with Gasteiger partial charge in [0.25, 0.3) is 0 Å². The topological polar surface area (TPSA) is 158 Å². The van der Waals surface area contributed by atoms with Gasteiger partial charge in [0.2, 0.25) is 5.96 Å². The van der Waals surface area contributed by atoms with E-state index in [0.717, 1.165) is 12.1 Å². The summed E-state index contributed by atoms with van der Waals surface area (Å²) in [5.41, 5.74) is 11.3. The van der Waals surface area contributed by atoms with Crippen molar-refractivity contribution in [1.82, 2.24) is 10.3 Å². The molecule has 0 fully saturated rings. The van der Waals surface area contributed by atoms with Gasteiger partial charge in [-0.15, -0.1) is 13.2 Å². The molecule has 1 aliphatic rings. The highest BCUT2D eigenvalue weighted by Gasteiger charge is 2.33. The van der Waals surface area contributed by atoms with Crippen LogP contribution in [0.25, 0.3) is 0 Å². The number of aliphatic imine (C=N–C) groups is 1. The maximum Gasteiger partial charge on any atom is 0.573 e. The Morgan fingerprint density at radius 3 is 2.55 bits per heavy atom. The second-order valence-electron chi connectivity index (χ2n) is 5.63. The van der Waals surface area contributed by atoms with Crippen LogP contribution in [0.3, 0.4) is 0 Å². The number of nitrogen functional groups attached to an aromatic ring is 2. The minimum Gasteiger partial charge on any atom is -0.406 e. The fraction of sp³-hybridized carbons (Fsp3) is 0.125. The van der Waals surface area contributed by atoms with Crippen molar-refractivity contribution in [3.8, 4) is 18.0 Å². The van der Waals surface area contributed by atoms with Crippen LogP contribution in [-0.2, 0) is 0 Å². The molecule has 0 saturated heterocycles. The number of nitriles is 2. The molecule has 1 aromatic carbocycles. The highest BCUT2D eigenvalue weighted by atomic mass is 19.4. The number of guanidine groups is 1. The number of nitrogens with one attached hydrogen (secondary N) is 2. The van der Waals surface area contributed by atoms with E-state index in [9.17, 15) is 22.8 Å². The van der Waals surface area contributed by atoms with E-state index < -0.39 is 24.0 Å². The number of pyridine rings is 1. The van der Waals surface area contributed by atoms with Gasteiger partial charge in [-0.3, -0.25) is 5.32 Å². The van der Waals surface area contributed by atoms with E-state index in [-0.39, 0.29) is 40.0 Å². The number of halogens is 4. The summed E-state index contributed by atoms with van der Waals surface area (Å²) in [6.45, 7) is 0. The van der Waals surface area contributed by atoms with Crippen molar-refractivity contribution in [2.45, 2.75) is 12.4 Å². The fourth-order valence-electron chi connectivity index (χ4n) is 2.73. The van der Waals surface area contributed by atoms with E-state index in [1.807, 2.05) is 0 Å². The number of aromatic nitrogens is 1. The van der Waals surface area contributed by atoms with E-state index in [2.05, 4.69) is 25.3 Å². The molecule has 2 heterocycles. The number of anilines is 3. The Morgan fingerprint density at radius 2 is 1.97 bits per heavy atom. The summed E-state index contributed by atoms with van der Waals surface area (Å²) in [7, 11) is 0. The van der Waals surface area contributed by atoms with Crippen molar-refractivity contribution in [1.29, 1.82) is 10.5 Å². The predicted octanol–water partition coefficient (Wildman–Crippen LogP) is 2.10. The first kappa shape index (κ1) is 19.5. The van der Waals surface area contributed by atoms with Crippen LogP contribution in [0, 0.1) is 28.6 Å². The monoisotopic (exact) mass is 406 g/mol. The predicted molar refractivity (Wildman–Crippen MR) is 92.5 cm³/mol. The Kier molecular flexibility index (Phi) is 4.74. The van der Waals surface area contributed by atoms with Gasteiger partial charge in [-0.05, 0) is 12.1 Å². The third-order valence-corrected chi connectivity index (χ3v) is 3.86. The SMILES string of the molecule is N#CNC1=NC(c2ccc(OC(F)(F)F)cc2F)c2c(nc(N)c(C#N)c2N)N1. The molecule has 0 saturated carbocycles. The molecule has 6 N–H and O–H groups in total. The maximum absolute atomic E-state index is 14.6. The number of hydrogen-bond acceptors (Lipinski definition) is 9. The summed E-state index contributed by atoms with van der Waals surface area (Å²) in [6, 6.07) is 2.99. The number of rotatable bonds is 2. The molecule has 2 aromatic rings. The Bertz CT molecular complexity index is 1100. The third-order valence-electron chi connectivity index (χ3n) is 3.86. The number of nitrogens with two attached hydrogens (primary N) is 2. The van der Waals surface area contributed by atoms with E-state index in [1.54, 1.807) is 12.3 Å². The van der Waals surface area contributed by atoms with Gasteiger partial charge in [0.1, 0.15) is 40.9 Å². The van der Waals surface area contributed by atoms with Crippen LogP contribution < -0.4 is 26.8 Å². The van der Waals surface area contributed by atoms with Gasteiger partial charge in [-0.25, -0.2) is 14.4 Å². The van der Waals surface area contributed by atoms with Crippen molar-refractivity contribution in [3.05, 3.63) is 40.7 Å². The van der Waals surface area contributed by atoms with E-state index in [4.69, 9.17) is 16.7 Å². The lowest BCUT2D eigenvalue weighted by Crippen LogP contribution is -2.33. The van der Waals surface area contributed by atoms with Crippen molar-refractivity contribution in [2.24, 2.45) is 4.99 Å². The Labute approximate surface area is 160 Å². The summed E-state index contributed by atoms with van der Waals surface area (Å²) in [5.74, 6) is -2.18. The highest BCUT2D eigenvalue weighted by molar-refractivity contribution is 5.98. The lowest BCUT2D eigenvalue weighted by Gasteiger charge is -2.26. The van der Waals surface area contributed by atoms with Crippen LogP contribution in [0.15, 0.2) is 23.2 Å². The summed E-state index contributed by atoms with van der Waals surface area (Å²) >= 11 is 0. The van der Waals surface area contributed by atoms with Crippen LogP contribution in [0.1, 0.15) is 22.7 Å². The maximum atomic E-state index is 14.6. The van der Waals surface area contributed by atoms with Gasteiger partial charge in [0.15, 0.2) is 6.19 Å². The van der Waals surface area contributed by atoms with Crippen LogP contribution in [-0.4, -0.2) is 17.3 Å². The Balaban J connectivity index is 2.16. The van der Waals surface area contributed by atoms with Crippen LogP contribution in [0.2, 0.25) is 0 Å². The summed E-state index contributed by atoms with van der Waals surface area (Å²) in [6.07, 6.45) is -3.38. The van der Waals surface area contributed by atoms with Crippen molar-refractivity contribution < 1.29 is 22.3 Å². The zero-order valence-electron chi connectivity index (χ0n) is 14.2. The number of ether oxygens (including phenoxy) is 1. The average Bonchev–Trinajstić information content (AvgIpc) is 2.60. The van der Waals surface area contributed by atoms with Gasteiger partial charge in [0.05, 0.1) is 5.69 Å². The van der Waals surface area contributed by atoms with Crippen LogP contribution >= 0.6 is 0 Å². The molecule has 0 radical (unpaired) electrons. The lowest BCUT2D eigenvalue weighted by atomic mass is 9.94. The van der Waals surface area contributed by atoms with E-state index >= 15 is 0 Å². The quantitative estimate of drug-likeness (QED) is 0.335. The largest absolute Gasteiger partial charge is 0.573 e. The highest BCUT2D eigenvalue weighted by Crippen LogP contribution is 2.41. The van der Waals surface area contributed by atoms with Crippen molar-refractivity contribution >= 4 is 23.3 Å². The average molecular weight is 406 g/mol.